The van der Waals surface area contributed by atoms with Crippen LogP contribution in [0.5, 0.6) is 0 Å². The van der Waals surface area contributed by atoms with Gasteiger partial charge in [-0.15, -0.1) is 0 Å². The molecule has 0 bridgehead atoms. The summed E-state index contributed by atoms with van der Waals surface area (Å²) >= 11 is 0. The zero-order valence-corrected chi connectivity index (χ0v) is 12.4. The Balaban J connectivity index is 1.66. The van der Waals surface area contributed by atoms with Crippen LogP contribution in [0.3, 0.4) is 0 Å². The van der Waals surface area contributed by atoms with Crippen molar-refractivity contribution >= 4 is 11.6 Å². The molecule has 2 aromatic rings. The first-order valence-corrected chi connectivity index (χ1v) is 7.44. The molecule has 0 unspecified atom stereocenters. The molecule has 1 N–H and O–H groups in total. The monoisotopic (exact) mass is 323 g/mol. The average molecular weight is 323 g/mol. The van der Waals surface area contributed by atoms with Crippen molar-refractivity contribution in [2.45, 2.75) is 38.4 Å². The van der Waals surface area contributed by atoms with Gasteiger partial charge in [0.05, 0.1) is 11.3 Å². The molecule has 0 atom stereocenters. The number of hydrogen-bond acceptors (Lipinski definition) is 2. The molecule has 122 valence electrons. The molecule has 0 radical (unpaired) electrons. The van der Waals surface area contributed by atoms with Crippen LogP contribution < -0.4 is 5.32 Å². The van der Waals surface area contributed by atoms with Gasteiger partial charge in [-0.05, 0) is 49.4 Å². The summed E-state index contributed by atoms with van der Waals surface area (Å²) in [4.78, 5) is 12.0. The Hall–Kier alpha value is -2.31. The number of rotatable bonds is 3. The van der Waals surface area contributed by atoms with Crippen LogP contribution in [-0.4, -0.2) is 15.7 Å². The third kappa shape index (κ3) is 3.72. The van der Waals surface area contributed by atoms with Crippen LogP contribution in [0.1, 0.15) is 29.7 Å². The van der Waals surface area contributed by atoms with Crippen molar-refractivity contribution in [1.82, 2.24) is 9.78 Å². The molecule has 4 nitrogen and oxygen atoms in total. The van der Waals surface area contributed by atoms with E-state index < -0.39 is 17.6 Å². The zero-order valence-electron chi connectivity index (χ0n) is 12.4. The number of anilines is 1. The highest BCUT2D eigenvalue weighted by atomic mass is 19.4. The highest BCUT2D eigenvalue weighted by molar-refractivity contribution is 5.90. The minimum absolute atomic E-state index is 0.0107. The van der Waals surface area contributed by atoms with Gasteiger partial charge < -0.3 is 5.32 Å². The van der Waals surface area contributed by atoms with Gasteiger partial charge in [-0.25, -0.2) is 0 Å². The van der Waals surface area contributed by atoms with Gasteiger partial charge in [0.25, 0.3) is 0 Å². The number of amides is 1. The zero-order chi connectivity index (χ0) is 16.4. The van der Waals surface area contributed by atoms with Crippen molar-refractivity contribution in [3.05, 3.63) is 47.3 Å². The van der Waals surface area contributed by atoms with E-state index in [0.29, 0.717) is 0 Å². The fourth-order valence-corrected chi connectivity index (χ4v) is 2.73. The number of aryl methyl sites for hydroxylation is 2. The van der Waals surface area contributed by atoms with Gasteiger partial charge >= 0.3 is 6.18 Å². The number of carbonyl (C=O) groups is 1. The van der Waals surface area contributed by atoms with Gasteiger partial charge in [-0.3, -0.25) is 9.48 Å². The number of hydrogen-bond donors (Lipinski definition) is 1. The predicted octanol–water partition coefficient (Wildman–Crippen LogP) is 3.42. The number of nitrogens with zero attached hydrogens (tertiary/aromatic N) is 2. The summed E-state index contributed by atoms with van der Waals surface area (Å²) in [6, 6.07) is 4.59. The molecule has 7 heteroatoms. The van der Waals surface area contributed by atoms with E-state index in [1.54, 1.807) is 4.68 Å². The van der Waals surface area contributed by atoms with Crippen molar-refractivity contribution in [2.75, 3.05) is 5.32 Å². The minimum atomic E-state index is -4.43. The number of aromatic nitrogens is 2. The minimum Gasteiger partial charge on any atom is -0.324 e. The Labute approximate surface area is 131 Å². The van der Waals surface area contributed by atoms with E-state index in [1.165, 1.54) is 12.1 Å². The largest absolute Gasteiger partial charge is 0.416 e. The quantitative estimate of drug-likeness (QED) is 0.941. The van der Waals surface area contributed by atoms with Gasteiger partial charge in [-0.1, -0.05) is 6.07 Å². The van der Waals surface area contributed by atoms with Crippen molar-refractivity contribution in [2.24, 2.45) is 0 Å². The van der Waals surface area contributed by atoms with E-state index in [4.69, 9.17) is 0 Å². The summed E-state index contributed by atoms with van der Waals surface area (Å²) in [7, 11) is 0. The highest BCUT2D eigenvalue weighted by Crippen LogP contribution is 2.30. The van der Waals surface area contributed by atoms with E-state index in [-0.39, 0.29) is 12.2 Å². The molecule has 0 spiro atoms. The summed E-state index contributed by atoms with van der Waals surface area (Å²) in [6.07, 6.45) is 1.51. The maximum Gasteiger partial charge on any atom is 0.416 e. The summed E-state index contributed by atoms with van der Waals surface area (Å²) in [5.41, 5.74) is 1.51. The SMILES string of the molecule is O=C(Cn1cc2c(n1)CCCC2)Nc1cccc(C(F)(F)F)c1. The van der Waals surface area contributed by atoms with Gasteiger partial charge in [-0.2, -0.15) is 18.3 Å². The molecule has 0 saturated heterocycles. The lowest BCUT2D eigenvalue weighted by Gasteiger charge is -2.10. The van der Waals surface area contributed by atoms with Gasteiger partial charge in [0.1, 0.15) is 6.54 Å². The van der Waals surface area contributed by atoms with Gasteiger partial charge in [0.2, 0.25) is 5.91 Å². The fourth-order valence-electron chi connectivity index (χ4n) is 2.73. The van der Waals surface area contributed by atoms with Gasteiger partial charge in [0, 0.05) is 11.9 Å². The highest BCUT2D eigenvalue weighted by Gasteiger charge is 2.30. The average Bonchev–Trinajstić information content (AvgIpc) is 2.88. The van der Waals surface area contributed by atoms with E-state index in [9.17, 15) is 18.0 Å². The first kappa shape index (κ1) is 15.6. The number of nitrogens with one attached hydrogen (secondary N) is 1. The molecule has 1 aromatic carbocycles. The smallest absolute Gasteiger partial charge is 0.324 e. The molecule has 1 amide bonds. The number of fused-ring (bicyclic) bond motifs is 1. The van der Waals surface area contributed by atoms with Crippen molar-refractivity contribution in [3.63, 3.8) is 0 Å². The number of carbonyl (C=O) groups excluding carboxylic acids is 1. The van der Waals surface area contributed by atoms with E-state index in [2.05, 4.69) is 10.4 Å². The van der Waals surface area contributed by atoms with Gasteiger partial charge in [0.15, 0.2) is 0 Å². The summed E-state index contributed by atoms with van der Waals surface area (Å²) in [5, 5.41) is 6.85. The number of alkyl halides is 3. The van der Waals surface area contributed by atoms with Crippen LogP contribution in [0.15, 0.2) is 30.5 Å². The number of benzene rings is 1. The maximum absolute atomic E-state index is 12.7. The van der Waals surface area contributed by atoms with E-state index >= 15 is 0 Å². The Kier molecular flexibility index (Phi) is 4.11. The topological polar surface area (TPSA) is 46.9 Å². The van der Waals surface area contributed by atoms with E-state index in [1.807, 2.05) is 6.20 Å². The molecule has 1 aromatic heterocycles. The lowest BCUT2D eigenvalue weighted by molar-refractivity contribution is -0.137. The third-order valence-corrected chi connectivity index (χ3v) is 3.81. The second-order valence-electron chi connectivity index (χ2n) is 5.63. The molecular weight excluding hydrogens is 307 g/mol. The first-order chi connectivity index (χ1) is 10.9. The van der Waals surface area contributed by atoms with Crippen LogP contribution in [-0.2, 0) is 30.4 Å². The molecular formula is C16H16F3N3O. The molecule has 1 aliphatic rings. The summed E-state index contributed by atoms with van der Waals surface area (Å²) < 4.78 is 39.5. The summed E-state index contributed by atoms with van der Waals surface area (Å²) in [5.74, 6) is -0.399. The van der Waals surface area contributed by atoms with Crippen LogP contribution in [0, 0.1) is 0 Å². The second-order valence-corrected chi connectivity index (χ2v) is 5.63. The third-order valence-electron chi connectivity index (χ3n) is 3.81. The predicted molar refractivity (Wildman–Crippen MR) is 78.9 cm³/mol. The Morgan fingerprint density at radius 3 is 2.78 bits per heavy atom. The second kappa shape index (κ2) is 6.06. The molecule has 0 saturated carbocycles. The number of halogens is 3. The lowest BCUT2D eigenvalue weighted by Crippen LogP contribution is -2.19. The Morgan fingerprint density at radius 2 is 2.04 bits per heavy atom. The van der Waals surface area contributed by atoms with E-state index in [0.717, 1.165) is 49.1 Å². The molecule has 1 aliphatic carbocycles. The fraction of sp³-hybridized carbons (Fsp3) is 0.375. The van der Waals surface area contributed by atoms with Crippen LogP contribution in [0.2, 0.25) is 0 Å². The van der Waals surface area contributed by atoms with Crippen LogP contribution >= 0.6 is 0 Å². The molecule has 0 fully saturated rings. The van der Waals surface area contributed by atoms with Crippen molar-refractivity contribution in [1.29, 1.82) is 0 Å². The Bertz CT molecular complexity index is 698. The molecule has 1 heterocycles. The van der Waals surface area contributed by atoms with Crippen LogP contribution in [0.25, 0.3) is 0 Å². The standard InChI is InChI=1S/C16H16F3N3O/c17-16(18,19)12-5-3-6-13(8-12)20-15(23)10-22-9-11-4-1-2-7-14(11)21-22/h3,5-6,8-9H,1-2,4,7,10H2,(H,20,23). The normalized spacial score (nSPS) is 14.4. The van der Waals surface area contributed by atoms with Crippen molar-refractivity contribution < 1.29 is 18.0 Å². The van der Waals surface area contributed by atoms with Crippen molar-refractivity contribution in [3.8, 4) is 0 Å². The molecule has 3 rings (SSSR count). The first-order valence-electron chi connectivity index (χ1n) is 7.44. The Morgan fingerprint density at radius 1 is 1.26 bits per heavy atom. The van der Waals surface area contributed by atoms with Crippen LogP contribution in [0.4, 0.5) is 18.9 Å². The molecule has 0 aliphatic heterocycles. The lowest BCUT2D eigenvalue weighted by atomic mass is 9.99. The molecule has 23 heavy (non-hydrogen) atoms. The summed E-state index contributed by atoms with van der Waals surface area (Å²) in [6.45, 7) is -0.0107. The maximum atomic E-state index is 12.7.